The molecule has 0 radical (unpaired) electrons. The SMILES string of the molecule is CN=C(NCCc1nc(-c2cccc(Cl)c2)no1)N(C)Cc1ccc(OC(F)F)cc1. The molecule has 0 spiro atoms. The average molecular weight is 450 g/mol. The minimum Gasteiger partial charge on any atom is -0.435 e. The van der Waals surface area contributed by atoms with E-state index in [1.54, 1.807) is 31.3 Å². The molecule has 164 valence electrons. The summed E-state index contributed by atoms with van der Waals surface area (Å²) in [5.41, 5.74) is 1.71. The molecule has 0 amide bonds. The first-order valence-electron chi connectivity index (χ1n) is 9.48. The van der Waals surface area contributed by atoms with Crippen LogP contribution in [0.2, 0.25) is 5.02 Å². The van der Waals surface area contributed by atoms with Crippen molar-refractivity contribution >= 4 is 17.6 Å². The Bertz CT molecular complexity index is 1010. The second-order valence-electron chi connectivity index (χ2n) is 6.62. The van der Waals surface area contributed by atoms with Crippen molar-refractivity contribution in [3.05, 3.63) is 65.0 Å². The summed E-state index contributed by atoms with van der Waals surface area (Å²) in [6.07, 6.45) is 0.514. The van der Waals surface area contributed by atoms with E-state index < -0.39 is 6.61 Å². The molecule has 0 bridgehead atoms. The lowest BCUT2D eigenvalue weighted by molar-refractivity contribution is -0.0498. The van der Waals surface area contributed by atoms with Gasteiger partial charge in [-0.3, -0.25) is 4.99 Å². The maximum Gasteiger partial charge on any atom is 0.387 e. The fourth-order valence-electron chi connectivity index (χ4n) is 2.89. The molecule has 0 unspecified atom stereocenters. The van der Waals surface area contributed by atoms with E-state index in [1.807, 2.05) is 24.1 Å². The van der Waals surface area contributed by atoms with Gasteiger partial charge in [-0.05, 0) is 29.8 Å². The number of aliphatic imine (C=N–C) groups is 1. The molecule has 0 aliphatic rings. The third-order valence-electron chi connectivity index (χ3n) is 4.31. The number of nitrogens with zero attached hydrogens (tertiary/aromatic N) is 4. The van der Waals surface area contributed by atoms with Crippen LogP contribution < -0.4 is 10.1 Å². The quantitative estimate of drug-likeness (QED) is 0.409. The van der Waals surface area contributed by atoms with Crippen molar-refractivity contribution in [2.75, 3.05) is 20.6 Å². The highest BCUT2D eigenvalue weighted by molar-refractivity contribution is 6.30. The van der Waals surface area contributed by atoms with Crippen molar-refractivity contribution in [1.29, 1.82) is 0 Å². The Hall–Kier alpha value is -3.20. The largest absolute Gasteiger partial charge is 0.435 e. The Morgan fingerprint density at radius 1 is 1.26 bits per heavy atom. The van der Waals surface area contributed by atoms with Gasteiger partial charge >= 0.3 is 6.61 Å². The Balaban J connectivity index is 1.50. The van der Waals surface area contributed by atoms with Crippen LogP contribution in [0.5, 0.6) is 5.75 Å². The second kappa shape index (κ2) is 10.7. The Morgan fingerprint density at radius 2 is 2.03 bits per heavy atom. The fourth-order valence-corrected chi connectivity index (χ4v) is 3.08. The van der Waals surface area contributed by atoms with E-state index >= 15 is 0 Å². The van der Waals surface area contributed by atoms with Crippen LogP contribution in [-0.2, 0) is 13.0 Å². The predicted octanol–water partition coefficient (Wildman–Crippen LogP) is 4.24. The van der Waals surface area contributed by atoms with E-state index in [4.69, 9.17) is 16.1 Å². The molecule has 3 rings (SSSR count). The Morgan fingerprint density at radius 3 is 2.71 bits per heavy atom. The van der Waals surface area contributed by atoms with Crippen LogP contribution in [0, 0.1) is 0 Å². The lowest BCUT2D eigenvalue weighted by Crippen LogP contribution is -2.39. The van der Waals surface area contributed by atoms with Gasteiger partial charge in [0.25, 0.3) is 0 Å². The molecule has 0 fully saturated rings. The summed E-state index contributed by atoms with van der Waals surface area (Å²) in [7, 11) is 3.56. The van der Waals surface area contributed by atoms with Crippen molar-refractivity contribution < 1.29 is 18.0 Å². The van der Waals surface area contributed by atoms with E-state index in [-0.39, 0.29) is 5.75 Å². The van der Waals surface area contributed by atoms with E-state index in [1.165, 1.54) is 12.1 Å². The van der Waals surface area contributed by atoms with Crippen LogP contribution in [0.1, 0.15) is 11.5 Å². The molecule has 31 heavy (non-hydrogen) atoms. The van der Waals surface area contributed by atoms with Gasteiger partial charge in [0, 0.05) is 44.2 Å². The zero-order valence-corrected chi connectivity index (χ0v) is 17.8. The number of benzene rings is 2. The minimum absolute atomic E-state index is 0.126. The van der Waals surface area contributed by atoms with Gasteiger partial charge in [0.2, 0.25) is 11.7 Å². The van der Waals surface area contributed by atoms with Gasteiger partial charge in [0.1, 0.15) is 5.75 Å². The van der Waals surface area contributed by atoms with Crippen LogP contribution in [0.3, 0.4) is 0 Å². The highest BCUT2D eigenvalue weighted by Crippen LogP contribution is 2.20. The number of ether oxygens (including phenoxy) is 1. The van der Waals surface area contributed by atoms with Crippen LogP contribution in [0.25, 0.3) is 11.4 Å². The van der Waals surface area contributed by atoms with Gasteiger partial charge in [-0.1, -0.05) is 41.0 Å². The summed E-state index contributed by atoms with van der Waals surface area (Å²) >= 11 is 6.00. The zero-order chi connectivity index (χ0) is 22.2. The molecule has 1 aromatic heterocycles. The standard InChI is InChI=1S/C21H22ClF2N5O2/c1-25-21(29(2)13-14-6-8-17(9-7-14)30-20(23)24)26-11-10-18-27-19(28-31-18)15-4-3-5-16(22)12-15/h3-9,12,20H,10-11,13H2,1-2H3,(H,25,26). The smallest absolute Gasteiger partial charge is 0.387 e. The predicted molar refractivity (Wildman–Crippen MR) is 114 cm³/mol. The lowest BCUT2D eigenvalue weighted by Gasteiger charge is -2.22. The first kappa shape index (κ1) is 22.5. The summed E-state index contributed by atoms with van der Waals surface area (Å²) in [6.45, 7) is -1.76. The number of guanidine groups is 1. The Labute approximate surface area is 183 Å². The molecule has 1 N–H and O–H groups in total. The highest BCUT2D eigenvalue weighted by atomic mass is 35.5. The summed E-state index contributed by atoms with van der Waals surface area (Å²) in [5, 5.41) is 7.83. The molecular formula is C21H22ClF2N5O2. The molecule has 7 nitrogen and oxygen atoms in total. The highest BCUT2D eigenvalue weighted by Gasteiger charge is 2.11. The topological polar surface area (TPSA) is 75.8 Å². The fraction of sp³-hybridized carbons (Fsp3) is 0.286. The van der Waals surface area contributed by atoms with E-state index in [2.05, 4.69) is 25.2 Å². The number of rotatable bonds is 8. The van der Waals surface area contributed by atoms with Gasteiger partial charge in [-0.25, -0.2) is 0 Å². The van der Waals surface area contributed by atoms with Crippen molar-refractivity contribution in [3.8, 4) is 17.1 Å². The summed E-state index contributed by atoms with van der Waals surface area (Å²) in [6, 6.07) is 13.7. The van der Waals surface area contributed by atoms with Gasteiger partial charge in [-0.2, -0.15) is 13.8 Å². The molecule has 1 heterocycles. The zero-order valence-electron chi connectivity index (χ0n) is 17.1. The van der Waals surface area contributed by atoms with Crippen molar-refractivity contribution in [2.24, 2.45) is 4.99 Å². The van der Waals surface area contributed by atoms with Crippen LogP contribution in [0.4, 0.5) is 8.78 Å². The van der Waals surface area contributed by atoms with Crippen LogP contribution in [0.15, 0.2) is 58.0 Å². The van der Waals surface area contributed by atoms with E-state index in [0.29, 0.717) is 42.2 Å². The van der Waals surface area contributed by atoms with Gasteiger partial charge in [-0.15, -0.1) is 0 Å². The molecule has 10 heteroatoms. The van der Waals surface area contributed by atoms with Gasteiger partial charge in [0.15, 0.2) is 5.96 Å². The number of halogens is 3. The number of hydrogen-bond donors (Lipinski definition) is 1. The van der Waals surface area contributed by atoms with Crippen LogP contribution in [-0.4, -0.2) is 48.3 Å². The first-order chi connectivity index (χ1) is 14.9. The number of nitrogens with one attached hydrogen (secondary N) is 1. The molecule has 2 aromatic carbocycles. The number of hydrogen-bond acceptors (Lipinski definition) is 5. The number of aromatic nitrogens is 2. The molecule has 0 atom stereocenters. The molecule has 0 aliphatic heterocycles. The molecule has 0 saturated carbocycles. The maximum absolute atomic E-state index is 12.3. The monoisotopic (exact) mass is 449 g/mol. The maximum atomic E-state index is 12.3. The Kier molecular flexibility index (Phi) is 7.77. The van der Waals surface area contributed by atoms with Crippen molar-refractivity contribution in [3.63, 3.8) is 0 Å². The number of alkyl halides is 2. The second-order valence-corrected chi connectivity index (χ2v) is 7.06. The lowest BCUT2D eigenvalue weighted by atomic mass is 10.2. The van der Waals surface area contributed by atoms with E-state index in [0.717, 1.165) is 11.1 Å². The van der Waals surface area contributed by atoms with Gasteiger partial charge < -0.3 is 19.5 Å². The molecular weight excluding hydrogens is 428 g/mol. The molecule has 3 aromatic rings. The summed E-state index contributed by atoms with van der Waals surface area (Å²) in [5.74, 6) is 1.77. The molecule has 0 saturated heterocycles. The minimum atomic E-state index is -2.84. The summed E-state index contributed by atoms with van der Waals surface area (Å²) < 4.78 is 34.2. The summed E-state index contributed by atoms with van der Waals surface area (Å²) in [4.78, 5) is 10.6. The van der Waals surface area contributed by atoms with Gasteiger partial charge in [0.05, 0.1) is 0 Å². The average Bonchev–Trinajstić information content (AvgIpc) is 3.21. The molecule has 0 aliphatic carbocycles. The first-order valence-corrected chi connectivity index (χ1v) is 9.86. The third kappa shape index (κ3) is 6.65. The van der Waals surface area contributed by atoms with E-state index in [9.17, 15) is 8.78 Å². The van der Waals surface area contributed by atoms with Crippen molar-refractivity contribution in [1.82, 2.24) is 20.4 Å². The van der Waals surface area contributed by atoms with Crippen LogP contribution >= 0.6 is 11.6 Å². The third-order valence-corrected chi connectivity index (χ3v) is 4.55. The van der Waals surface area contributed by atoms with Crippen molar-refractivity contribution in [2.45, 2.75) is 19.6 Å². The normalized spacial score (nSPS) is 11.6.